The highest BCUT2D eigenvalue weighted by Gasteiger charge is 2.13. The fourth-order valence-electron chi connectivity index (χ4n) is 2.15. The van der Waals surface area contributed by atoms with Crippen LogP contribution in [0, 0.1) is 0 Å². The van der Waals surface area contributed by atoms with Crippen molar-refractivity contribution in [2.24, 2.45) is 10.2 Å². The molecule has 0 aliphatic heterocycles. The SMILES string of the molecule is CCN(CC)c1ccc(N=Nc2ncc(Br)cc2Br)c(C(=O)O)c1. The third-order valence-corrected chi connectivity index (χ3v) is 4.40. The lowest BCUT2D eigenvalue weighted by Gasteiger charge is -2.21. The fraction of sp³-hybridized carbons (Fsp3) is 0.250. The number of carboxylic acids is 1. The number of pyridine rings is 1. The van der Waals surface area contributed by atoms with Crippen LogP contribution in [-0.2, 0) is 0 Å². The van der Waals surface area contributed by atoms with E-state index >= 15 is 0 Å². The van der Waals surface area contributed by atoms with Gasteiger partial charge in [0.25, 0.3) is 0 Å². The van der Waals surface area contributed by atoms with Gasteiger partial charge in [-0.25, -0.2) is 9.78 Å². The number of carboxylic acid groups (broad SMARTS) is 1. The normalized spacial score (nSPS) is 11.0. The predicted octanol–water partition coefficient (Wildman–Crippen LogP) is 5.57. The predicted molar refractivity (Wildman–Crippen MR) is 101 cm³/mol. The first kappa shape index (κ1) is 18.5. The molecule has 0 bridgehead atoms. The lowest BCUT2D eigenvalue weighted by atomic mass is 10.1. The number of rotatable bonds is 6. The molecule has 2 aromatic rings. The summed E-state index contributed by atoms with van der Waals surface area (Å²) in [7, 11) is 0. The standard InChI is InChI=1S/C16H16Br2N4O2/c1-3-22(4-2)11-5-6-14(12(8-11)16(23)24)20-21-15-13(18)7-10(17)9-19-15/h5-9H,3-4H2,1-2H3,(H,23,24). The Bertz CT molecular complexity index is 777. The quantitative estimate of drug-likeness (QED) is 0.577. The van der Waals surface area contributed by atoms with E-state index in [2.05, 4.69) is 52.0 Å². The van der Waals surface area contributed by atoms with E-state index in [0.717, 1.165) is 23.2 Å². The summed E-state index contributed by atoms with van der Waals surface area (Å²) < 4.78 is 1.47. The van der Waals surface area contributed by atoms with Crippen LogP contribution in [0.15, 0.2) is 49.6 Å². The number of aromatic nitrogens is 1. The molecule has 0 unspecified atom stereocenters. The Kier molecular flexibility index (Phi) is 6.44. The van der Waals surface area contributed by atoms with Crippen molar-refractivity contribution in [3.05, 3.63) is 45.0 Å². The Hall–Kier alpha value is -1.80. The van der Waals surface area contributed by atoms with Crippen LogP contribution >= 0.6 is 31.9 Å². The molecular formula is C16H16Br2N4O2. The highest BCUT2D eigenvalue weighted by atomic mass is 79.9. The van der Waals surface area contributed by atoms with Crippen LogP contribution in [0.4, 0.5) is 17.2 Å². The van der Waals surface area contributed by atoms with E-state index in [4.69, 9.17) is 0 Å². The van der Waals surface area contributed by atoms with Crippen molar-refractivity contribution in [3.63, 3.8) is 0 Å². The van der Waals surface area contributed by atoms with Crippen molar-refractivity contribution in [2.45, 2.75) is 13.8 Å². The highest BCUT2D eigenvalue weighted by Crippen LogP contribution is 2.30. The van der Waals surface area contributed by atoms with Crippen molar-refractivity contribution in [1.82, 2.24) is 4.98 Å². The summed E-state index contributed by atoms with van der Waals surface area (Å²) in [6.45, 7) is 5.64. The molecule has 1 aromatic carbocycles. The average molecular weight is 456 g/mol. The van der Waals surface area contributed by atoms with Gasteiger partial charge in [0.05, 0.1) is 10.0 Å². The first-order chi connectivity index (χ1) is 11.5. The third-order valence-electron chi connectivity index (χ3n) is 3.38. The Morgan fingerprint density at radius 3 is 2.50 bits per heavy atom. The van der Waals surface area contributed by atoms with Gasteiger partial charge in [0.2, 0.25) is 0 Å². The van der Waals surface area contributed by atoms with Gasteiger partial charge in [-0.2, -0.15) is 0 Å². The largest absolute Gasteiger partial charge is 0.478 e. The molecule has 0 aliphatic carbocycles. The summed E-state index contributed by atoms with van der Waals surface area (Å²) in [5.41, 5.74) is 1.24. The Balaban J connectivity index is 2.39. The number of hydrogen-bond acceptors (Lipinski definition) is 5. The first-order valence-electron chi connectivity index (χ1n) is 7.31. The minimum Gasteiger partial charge on any atom is -0.478 e. The molecule has 1 heterocycles. The van der Waals surface area contributed by atoms with Crippen LogP contribution in [-0.4, -0.2) is 29.1 Å². The van der Waals surface area contributed by atoms with E-state index in [0.29, 0.717) is 10.3 Å². The Morgan fingerprint density at radius 2 is 1.92 bits per heavy atom. The minimum absolute atomic E-state index is 0.108. The molecule has 0 amide bonds. The second-order valence-electron chi connectivity index (χ2n) is 4.84. The number of aromatic carboxylic acids is 1. The van der Waals surface area contributed by atoms with Gasteiger partial charge in [0, 0.05) is 29.4 Å². The molecule has 24 heavy (non-hydrogen) atoms. The maximum absolute atomic E-state index is 11.5. The molecule has 0 atom stereocenters. The zero-order valence-electron chi connectivity index (χ0n) is 13.2. The highest BCUT2D eigenvalue weighted by molar-refractivity contribution is 9.11. The van der Waals surface area contributed by atoms with E-state index in [-0.39, 0.29) is 11.3 Å². The maximum atomic E-state index is 11.5. The van der Waals surface area contributed by atoms with Crippen LogP contribution in [0.2, 0.25) is 0 Å². The molecule has 0 spiro atoms. The summed E-state index contributed by atoms with van der Waals surface area (Å²) in [5, 5.41) is 17.6. The molecule has 8 heteroatoms. The number of carbonyl (C=O) groups is 1. The molecule has 0 saturated heterocycles. The second kappa shape index (κ2) is 8.34. The van der Waals surface area contributed by atoms with Crippen LogP contribution in [0.1, 0.15) is 24.2 Å². The molecule has 0 saturated carbocycles. The van der Waals surface area contributed by atoms with Crippen molar-refractivity contribution in [1.29, 1.82) is 0 Å². The van der Waals surface area contributed by atoms with Crippen LogP contribution < -0.4 is 4.90 Å². The number of halogens is 2. The van der Waals surface area contributed by atoms with Crippen molar-refractivity contribution < 1.29 is 9.90 Å². The summed E-state index contributed by atoms with van der Waals surface area (Å²) in [6.07, 6.45) is 1.60. The van der Waals surface area contributed by atoms with E-state index < -0.39 is 5.97 Å². The molecule has 6 nitrogen and oxygen atoms in total. The van der Waals surface area contributed by atoms with Gasteiger partial charge in [-0.05, 0) is 70.0 Å². The molecule has 0 aliphatic rings. The van der Waals surface area contributed by atoms with E-state index in [1.165, 1.54) is 0 Å². The molecule has 0 radical (unpaired) electrons. The van der Waals surface area contributed by atoms with Gasteiger partial charge in [0.15, 0.2) is 5.82 Å². The lowest BCUT2D eigenvalue weighted by Crippen LogP contribution is -2.22. The number of azo groups is 1. The van der Waals surface area contributed by atoms with Crippen molar-refractivity contribution >= 4 is 55.0 Å². The minimum atomic E-state index is -1.04. The maximum Gasteiger partial charge on any atom is 0.338 e. The number of anilines is 1. The van der Waals surface area contributed by atoms with Crippen molar-refractivity contribution in [2.75, 3.05) is 18.0 Å². The van der Waals surface area contributed by atoms with Crippen LogP contribution in [0.3, 0.4) is 0 Å². The Labute approximate surface area is 156 Å². The summed E-state index contributed by atoms with van der Waals surface area (Å²) in [6, 6.07) is 6.92. The topological polar surface area (TPSA) is 78.2 Å². The molecule has 2 rings (SSSR count). The number of benzene rings is 1. The van der Waals surface area contributed by atoms with Gasteiger partial charge >= 0.3 is 5.97 Å². The van der Waals surface area contributed by atoms with E-state index in [9.17, 15) is 9.90 Å². The molecule has 0 fully saturated rings. The zero-order valence-corrected chi connectivity index (χ0v) is 16.4. The van der Waals surface area contributed by atoms with Gasteiger partial charge in [-0.15, -0.1) is 10.2 Å². The lowest BCUT2D eigenvalue weighted by molar-refractivity contribution is 0.0698. The van der Waals surface area contributed by atoms with Gasteiger partial charge in [-0.3, -0.25) is 0 Å². The number of hydrogen-bond donors (Lipinski definition) is 1. The van der Waals surface area contributed by atoms with E-state index in [1.54, 1.807) is 24.4 Å². The Morgan fingerprint density at radius 1 is 1.21 bits per heavy atom. The zero-order chi connectivity index (χ0) is 17.7. The molecule has 126 valence electrons. The van der Waals surface area contributed by atoms with Gasteiger partial charge in [-0.1, -0.05) is 0 Å². The van der Waals surface area contributed by atoms with Gasteiger partial charge < -0.3 is 10.0 Å². The van der Waals surface area contributed by atoms with Crippen LogP contribution in [0.25, 0.3) is 0 Å². The van der Waals surface area contributed by atoms with E-state index in [1.807, 2.05) is 19.9 Å². The van der Waals surface area contributed by atoms with Crippen molar-refractivity contribution in [3.8, 4) is 0 Å². The molecule has 1 aromatic heterocycles. The molecular weight excluding hydrogens is 440 g/mol. The average Bonchev–Trinajstić information content (AvgIpc) is 2.55. The van der Waals surface area contributed by atoms with Crippen LogP contribution in [0.5, 0.6) is 0 Å². The monoisotopic (exact) mass is 454 g/mol. The fourth-order valence-corrected chi connectivity index (χ4v) is 3.22. The first-order valence-corrected chi connectivity index (χ1v) is 8.90. The summed E-state index contributed by atoms with van der Waals surface area (Å²) >= 11 is 6.66. The summed E-state index contributed by atoms with van der Waals surface area (Å²) in [5.74, 6) is -0.664. The second-order valence-corrected chi connectivity index (χ2v) is 6.61. The number of nitrogens with zero attached hydrogens (tertiary/aromatic N) is 4. The smallest absolute Gasteiger partial charge is 0.338 e. The van der Waals surface area contributed by atoms with Gasteiger partial charge in [0.1, 0.15) is 5.69 Å². The third kappa shape index (κ3) is 4.39. The summed E-state index contributed by atoms with van der Waals surface area (Å²) in [4.78, 5) is 17.7. The molecule has 1 N–H and O–H groups in total.